The van der Waals surface area contributed by atoms with Gasteiger partial charge in [0.25, 0.3) is 5.91 Å². The van der Waals surface area contributed by atoms with E-state index in [9.17, 15) is 14.3 Å². The molecule has 3 heterocycles. The smallest absolute Gasteiger partial charge is 0.347 e. The molecule has 13 heteroatoms. The molecule has 0 saturated carbocycles. The Kier molecular flexibility index (Phi) is 8.90. The van der Waals surface area contributed by atoms with Gasteiger partial charge in [0.15, 0.2) is 11.5 Å². The van der Waals surface area contributed by atoms with Crippen molar-refractivity contribution < 1.29 is 23.5 Å². The number of fused-ring (bicyclic) bond motifs is 1. The molecular formula is C32H30N7O5P. The number of carbonyl (C=O) groups excluding carboxylic acids is 1. The van der Waals surface area contributed by atoms with Crippen LogP contribution < -0.4 is 5.32 Å². The summed E-state index contributed by atoms with van der Waals surface area (Å²) < 4.78 is 26.3. The first kappa shape index (κ1) is 30.0. The topological polar surface area (TPSA) is 146 Å². The average Bonchev–Trinajstić information content (AvgIpc) is 3.69. The monoisotopic (exact) mass is 623 g/mol. The molecule has 0 radical (unpaired) electrons. The standard InChI is InChI=1S/C32H30N7O5P/c1-2-44-45(41,42)22-38-16-28(35-19-38)26-12-6-10-24(14-26)25-11-7-13-27(15-25)32(40)37-31-29-30(33-18-34-31)36-20-39(29)21-43-17-23-8-4-3-5-9-23/h3-16,18-20H,2,17,21-22H2,1H3,(H,41,42)(H,33,34,37,40). The molecule has 3 aromatic heterocycles. The number of carbonyl (C=O) groups is 1. The summed E-state index contributed by atoms with van der Waals surface area (Å²) in [4.78, 5) is 40.7. The van der Waals surface area contributed by atoms with Gasteiger partial charge in [0.1, 0.15) is 24.9 Å². The van der Waals surface area contributed by atoms with Crippen molar-refractivity contribution in [3.63, 3.8) is 0 Å². The Morgan fingerprint density at radius 3 is 2.51 bits per heavy atom. The number of ether oxygens (including phenoxy) is 1. The van der Waals surface area contributed by atoms with Crippen molar-refractivity contribution in [2.75, 3.05) is 11.9 Å². The van der Waals surface area contributed by atoms with E-state index in [0.29, 0.717) is 34.8 Å². The summed E-state index contributed by atoms with van der Waals surface area (Å²) >= 11 is 0. The van der Waals surface area contributed by atoms with Gasteiger partial charge in [-0.05, 0) is 41.8 Å². The van der Waals surface area contributed by atoms with Crippen molar-refractivity contribution in [3.05, 3.63) is 115 Å². The third-order valence-electron chi connectivity index (χ3n) is 6.91. The minimum atomic E-state index is -3.75. The van der Waals surface area contributed by atoms with Crippen LogP contribution in [0.1, 0.15) is 22.8 Å². The van der Waals surface area contributed by atoms with E-state index < -0.39 is 7.60 Å². The van der Waals surface area contributed by atoms with Crippen LogP contribution in [-0.4, -0.2) is 46.5 Å². The number of rotatable bonds is 12. The zero-order chi connectivity index (χ0) is 31.2. The zero-order valence-corrected chi connectivity index (χ0v) is 25.2. The van der Waals surface area contributed by atoms with Gasteiger partial charge in [0.2, 0.25) is 0 Å². The zero-order valence-electron chi connectivity index (χ0n) is 24.4. The largest absolute Gasteiger partial charge is 0.356 e. The molecule has 45 heavy (non-hydrogen) atoms. The minimum absolute atomic E-state index is 0.146. The van der Waals surface area contributed by atoms with Gasteiger partial charge in [-0.15, -0.1) is 0 Å². The molecule has 0 saturated heterocycles. The molecule has 0 aliphatic carbocycles. The van der Waals surface area contributed by atoms with Crippen LogP contribution in [-0.2, 0) is 33.4 Å². The first-order valence-corrected chi connectivity index (χ1v) is 15.9. The summed E-state index contributed by atoms with van der Waals surface area (Å²) in [5, 5.41) is 2.91. The molecule has 0 aliphatic rings. The van der Waals surface area contributed by atoms with Crippen LogP contribution in [0, 0.1) is 0 Å². The molecule has 0 spiro atoms. The van der Waals surface area contributed by atoms with Crippen LogP contribution in [0.5, 0.6) is 0 Å². The number of anilines is 1. The Hall–Kier alpha value is -5.00. The van der Waals surface area contributed by atoms with E-state index in [0.717, 1.165) is 22.3 Å². The lowest BCUT2D eigenvalue weighted by Gasteiger charge is -2.11. The van der Waals surface area contributed by atoms with Gasteiger partial charge in [-0.2, -0.15) is 0 Å². The summed E-state index contributed by atoms with van der Waals surface area (Å²) in [6, 6.07) is 24.8. The number of amides is 1. The van der Waals surface area contributed by atoms with Gasteiger partial charge in [0.05, 0.1) is 31.6 Å². The number of aromatic nitrogens is 6. The fraction of sp³-hybridized carbons (Fsp3) is 0.156. The molecule has 6 aromatic rings. The van der Waals surface area contributed by atoms with Crippen molar-refractivity contribution in [2.45, 2.75) is 26.5 Å². The Balaban J connectivity index is 1.18. The van der Waals surface area contributed by atoms with Gasteiger partial charge in [0, 0.05) is 17.3 Å². The second-order valence-corrected chi connectivity index (χ2v) is 12.0. The predicted molar refractivity (Wildman–Crippen MR) is 169 cm³/mol. The fourth-order valence-electron chi connectivity index (χ4n) is 4.85. The van der Waals surface area contributed by atoms with E-state index >= 15 is 0 Å². The van der Waals surface area contributed by atoms with Gasteiger partial charge < -0.3 is 28.6 Å². The Bertz CT molecular complexity index is 1990. The highest BCUT2D eigenvalue weighted by molar-refractivity contribution is 7.51. The highest BCUT2D eigenvalue weighted by Crippen LogP contribution is 2.43. The van der Waals surface area contributed by atoms with Crippen molar-refractivity contribution in [1.82, 2.24) is 29.1 Å². The van der Waals surface area contributed by atoms with Crippen molar-refractivity contribution in [2.24, 2.45) is 0 Å². The van der Waals surface area contributed by atoms with Crippen molar-refractivity contribution in [3.8, 4) is 22.4 Å². The van der Waals surface area contributed by atoms with Crippen LogP contribution in [0.15, 0.2) is 104 Å². The Morgan fingerprint density at radius 1 is 0.911 bits per heavy atom. The van der Waals surface area contributed by atoms with Gasteiger partial charge in [-0.3, -0.25) is 9.36 Å². The molecule has 1 amide bonds. The van der Waals surface area contributed by atoms with E-state index in [4.69, 9.17) is 9.26 Å². The number of hydrogen-bond acceptors (Lipinski definition) is 8. The lowest BCUT2D eigenvalue weighted by atomic mass is 10.00. The summed E-state index contributed by atoms with van der Waals surface area (Å²) in [6.07, 6.45) is 5.98. The van der Waals surface area contributed by atoms with Crippen LogP contribution >= 0.6 is 7.60 Å². The summed E-state index contributed by atoms with van der Waals surface area (Å²) in [5.74, 6) is -0.0157. The van der Waals surface area contributed by atoms with Crippen LogP contribution in [0.2, 0.25) is 0 Å². The van der Waals surface area contributed by atoms with Crippen LogP contribution in [0.4, 0.5) is 5.82 Å². The SMILES string of the molecule is CCOP(=O)(O)Cn1cnc(-c2cccc(-c3cccc(C(=O)Nc4ncnc5ncn(COCc6ccccc6)c45)c3)c2)c1. The number of hydrogen-bond donors (Lipinski definition) is 2. The maximum atomic E-state index is 13.4. The van der Waals surface area contributed by atoms with E-state index in [1.54, 1.807) is 36.1 Å². The maximum absolute atomic E-state index is 13.4. The van der Waals surface area contributed by atoms with Crippen molar-refractivity contribution in [1.29, 1.82) is 0 Å². The highest BCUT2D eigenvalue weighted by atomic mass is 31.2. The molecular weight excluding hydrogens is 593 g/mol. The van der Waals surface area contributed by atoms with Crippen molar-refractivity contribution >= 4 is 30.5 Å². The lowest BCUT2D eigenvalue weighted by Crippen LogP contribution is -2.14. The molecule has 2 N–H and O–H groups in total. The van der Waals surface area contributed by atoms with E-state index in [2.05, 4.69) is 25.3 Å². The fourth-order valence-corrected chi connectivity index (χ4v) is 5.90. The van der Waals surface area contributed by atoms with E-state index in [-0.39, 0.29) is 25.5 Å². The number of nitrogens with zero attached hydrogens (tertiary/aromatic N) is 6. The maximum Gasteiger partial charge on any atom is 0.347 e. The second kappa shape index (κ2) is 13.3. The third kappa shape index (κ3) is 7.22. The normalized spacial score (nSPS) is 12.7. The lowest BCUT2D eigenvalue weighted by molar-refractivity contribution is 0.0664. The number of benzene rings is 3. The first-order chi connectivity index (χ1) is 21.9. The van der Waals surface area contributed by atoms with Crippen LogP contribution in [0.3, 0.4) is 0 Å². The molecule has 3 aromatic carbocycles. The quantitative estimate of drug-likeness (QED) is 0.158. The molecule has 0 bridgehead atoms. The molecule has 6 rings (SSSR count). The summed E-state index contributed by atoms with van der Waals surface area (Å²) in [7, 11) is -3.75. The van der Waals surface area contributed by atoms with Gasteiger partial charge >= 0.3 is 7.60 Å². The molecule has 1 unspecified atom stereocenters. The van der Waals surface area contributed by atoms with Crippen LogP contribution in [0.25, 0.3) is 33.5 Å². The van der Waals surface area contributed by atoms with Gasteiger partial charge in [-0.1, -0.05) is 60.7 Å². The molecule has 0 aliphatic heterocycles. The number of nitrogens with one attached hydrogen (secondary N) is 1. The van der Waals surface area contributed by atoms with Gasteiger partial charge in [-0.25, -0.2) is 19.9 Å². The molecule has 12 nitrogen and oxygen atoms in total. The summed E-state index contributed by atoms with van der Waals surface area (Å²) in [5.41, 5.74) is 5.63. The minimum Gasteiger partial charge on any atom is -0.356 e. The van der Waals surface area contributed by atoms with E-state index in [1.165, 1.54) is 17.2 Å². The third-order valence-corrected chi connectivity index (χ3v) is 8.25. The first-order valence-electron chi connectivity index (χ1n) is 14.2. The predicted octanol–water partition coefficient (Wildman–Crippen LogP) is 5.96. The highest BCUT2D eigenvalue weighted by Gasteiger charge is 2.20. The molecule has 228 valence electrons. The second-order valence-electron chi connectivity index (χ2n) is 10.2. The Morgan fingerprint density at radius 2 is 1.69 bits per heavy atom. The number of imidazole rings is 2. The summed E-state index contributed by atoms with van der Waals surface area (Å²) in [6.45, 7) is 2.44. The average molecular weight is 624 g/mol. The van der Waals surface area contributed by atoms with E-state index in [1.807, 2.05) is 66.7 Å². The molecule has 0 fully saturated rings. The Labute approximate surface area is 258 Å². The molecule has 1 atom stereocenters.